The third kappa shape index (κ3) is 3.14. The second-order valence-electron chi connectivity index (χ2n) is 5.10. The summed E-state index contributed by atoms with van der Waals surface area (Å²) in [5.74, 6) is -0.155. The summed E-state index contributed by atoms with van der Waals surface area (Å²) in [4.78, 5) is 24.8. The van der Waals surface area contributed by atoms with Gasteiger partial charge in [-0.1, -0.05) is 6.92 Å². The normalized spacial score (nSPS) is 17.0. The Morgan fingerprint density at radius 3 is 2.82 bits per heavy atom. The van der Waals surface area contributed by atoms with Gasteiger partial charge < -0.3 is 20.3 Å². The average Bonchev–Trinajstić information content (AvgIpc) is 2.49. The summed E-state index contributed by atoms with van der Waals surface area (Å²) in [5.41, 5.74) is 6.17. The Hall–Kier alpha value is -2.28. The summed E-state index contributed by atoms with van der Waals surface area (Å²) >= 11 is 0. The Labute approximate surface area is 128 Å². The van der Waals surface area contributed by atoms with E-state index in [0.29, 0.717) is 29.4 Å². The lowest BCUT2D eigenvalue weighted by Crippen LogP contribution is -2.48. The molecule has 1 heterocycles. The highest BCUT2D eigenvalue weighted by molar-refractivity contribution is 6.04. The van der Waals surface area contributed by atoms with Crippen molar-refractivity contribution in [3.8, 4) is 11.5 Å². The number of nitrogens with zero attached hydrogens (tertiary/aromatic N) is 1. The van der Waals surface area contributed by atoms with Gasteiger partial charge in [0, 0.05) is 0 Å². The highest BCUT2D eigenvalue weighted by atomic mass is 16.5. The van der Waals surface area contributed by atoms with Crippen molar-refractivity contribution in [3.63, 3.8) is 0 Å². The highest BCUT2D eigenvalue weighted by Gasteiger charge is 2.34. The molecular weight excluding hydrogens is 288 g/mol. The van der Waals surface area contributed by atoms with Gasteiger partial charge in [-0.05, 0) is 31.0 Å². The number of anilines is 1. The van der Waals surface area contributed by atoms with Crippen LogP contribution in [0.5, 0.6) is 11.5 Å². The van der Waals surface area contributed by atoms with Crippen LogP contribution >= 0.6 is 0 Å². The van der Waals surface area contributed by atoms with E-state index in [9.17, 15) is 14.7 Å². The van der Waals surface area contributed by atoms with Crippen molar-refractivity contribution in [3.05, 3.63) is 17.7 Å². The van der Waals surface area contributed by atoms with E-state index < -0.39 is 12.0 Å². The van der Waals surface area contributed by atoms with Crippen molar-refractivity contribution in [2.45, 2.75) is 33.0 Å². The molecule has 0 radical (unpaired) electrons. The number of hydrogen-bond acceptors (Lipinski definition) is 5. The van der Waals surface area contributed by atoms with Crippen molar-refractivity contribution >= 4 is 17.5 Å². The molecule has 22 heavy (non-hydrogen) atoms. The number of aliphatic hydroxyl groups excluding tert-OH is 1. The molecule has 1 aromatic carbocycles. The van der Waals surface area contributed by atoms with E-state index in [1.165, 1.54) is 4.90 Å². The quantitative estimate of drug-likeness (QED) is 0.800. The zero-order chi connectivity index (χ0) is 16.3. The van der Waals surface area contributed by atoms with E-state index in [-0.39, 0.29) is 19.1 Å². The Bertz CT molecular complexity index is 588. The molecule has 1 aromatic rings. The van der Waals surface area contributed by atoms with E-state index in [0.717, 1.165) is 6.42 Å². The molecule has 2 amide bonds. The van der Waals surface area contributed by atoms with Crippen molar-refractivity contribution in [2.75, 3.05) is 18.1 Å². The van der Waals surface area contributed by atoms with Crippen LogP contribution in [0.4, 0.5) is 5.69 Å². The van der Waals surface area contributed by atoms with Crippen LogP contribution < -0.4 is 20.1 Å². The largest absolute Gasteiger partial charge is 0.490 e. The minimum absolute atomic E-state index is 0.218. The molecule has 0 saturated carbocycles. The zero-order valence-corrected chi connectivity index (χ0v) is 12.7. The first kappa shape index (κ1) is 16.1. The molecule has 0 fully saturated rings. The third-order valence-electron chi connectivity index (χ3n) is 3.25. The highest BCUT2D eigenvalue weighted by Crippen LogP contribution is 2.43. The standard InChI is InChI=1S/C15H20N2O5/c1-3-4-21-12-6-10(8-18)5-11-14(12)22-9(2)15(20)17(11)7-13(16)19/h5-6,9,18H,3-4,7-8H2,1-2H3,(H2,16,19). The molecule has 7 nitrogen and oxygen atoms in total. The van der Waals surface area contributed by atoms with Gasteiger partial charge in [-0.25, -0.2) is 0 Å². The maximum absolute atomic E-state index is 12.2. The average molecular weight is 308 g/mol. The Kier molecular flexibility index (Phi) is 4.87. The van der Waals surface area contributed by atoms with E-state index in [2.05, 4.69) is 0 Å². The molecule has 0 aromatic heterocycles. The number of hydrogen-bond donors (Lipinski definition) is 2. The molecule has 3 N–H and O–H groups in total. The number of fused-ring (bicyclic) bond motifs is 1. The van der Waals surface area contributed by atoms with Gasteiger partial charge in [0.25, 0.3) is 5.91 Å². The Morgan fingerprint density at radius 2 is 2.23 bits per heavy atom. The van der Waals surface area contributed by atoms with Gasteiger partial charge in [-0.15, -0.1) is 0 Å². The van der Waals surface area contributed by atoms with E-state index in [1.807, 2.05) is 6.92 Å². The smallest absolute Gasteiger partial charge is 0.268 e. The van der Waals surface area contributed by atoms with E-state index >= 15 is 0 Å². The number of nitrogens with two attached hydrogens (primary N) is 1. The minimum Gasteiger partial charge on any atom is -0.490 e. The number of ether oxygens (including phenoxy) is 2. The molecule has 0 aliphatic carbocycles. The van der Waals surface area contributed by atoms with Crippen LogP contribution in [-0.4, -0.2) is 36.2 Å². The lowest BCUT2D eigenvalue weighted by molar-refractivity contribution is -0.127. The van der Waals surface area contributed by atoms with Crippen LogP contribution in [0.15, 0.2) is 12.1 Å². The van der Waals surface area contributed by atoms with Crippen LogP contribution in [0.25, 0.3) is 0 Å². The van der Waals surface area contributed by atoms with Gasteiger partial charge in [-0.2, -0.15) is 0 Å². The van der Waals surface area contributed by atoms with Gasteiger partial charge in [0.05, 0.1) is 18.9 Å². The SMILES string of the molecule is CCCOc1cc(CO)cc2c1OC(C)C(=O)N2CC(N)=O. The first-order valence-electron chi connectivity index (χ1n) is 7.14. The van der Waals surface area contributed by atoms with Crippen LogP contribution in [0, 0.1) is 0 Å². The van der Waals surface area contributed by atoms with Crippen molar-refractivity contribution in [2.24, 2.45) is 5.73 Å². The number of rotatable bonds is 6. The molecule has 0 saturated heterocycles. The van der Waals surface area contributed by atoms with Crippen LogP contribution in [-0.2, 0) is 16.2 Å². The number of carbonyl (C=O) groups is 2. The number of carbonyl (C=O) groups excluding carboxylic acids is 2. The number of primary amides is 1. The molecule has 1 aliphatic heterocycles. The topological polar surface area (TPSA) is 102 Å². The van der Waals surface area contributed by atoms with Crippen molar-refractivity contribution in [1.29, 1.82) is 0 Å². The lowest BCUT2D eigenvalue weighted by Gasteiger charge is -2.33. The fraction of sp³-hybridized carbons (Fsp3) is 0.467. The van der Waals surface area contributed by atoms with Gasteiger partial charge in [0.15, 0.2) is 17.6 Å². The summed E-state index contributed by atoms with van der Waals surface area (Å²) in [5, 5.41) is 9.38. The second kappa shape index (κ2) is 6.65. The number of benzene rings is 1. The van der Waals surface area contributed by atoms with Crippen LogP contribution in [0.1, 0.15) is 25.8 Å². The zero-order valence-electron chi connectivity index (χ0n) is 12.7. The monoisotopic (exact) mass is 308 g/mol. The molecule has 1 atom stereocenters. The molecule has 120 valence electrons. The fourth-order valence-electron chi connectivity index (χ4n) is 2.26. The number of amides is 2. The fourth-order valence-corrected chi connectivity index (χ4v) is 2.26. The van der Waals surface area contributed by atoms with Gasteiger partial charge in [0.1, 0.15) is 6.54 Å². The summed E-state index contributed by atoms with van der Waals surface area (Å²) in [6.07, 6.45) is 0.0632. The predicted molar refractivity (Wildman–Crippen MR) is 79.8 cm³/mol. The Morgan fingerprint density at radius 1 is 1.50 bits per heavy atom. The Balaban J connectivity index is 2.52. The predicted octanol–water partition coefficient (Wildman–Crippen LogP) is 0.567. The molecule has 1 aliphatic rings. The summed E-state index contributed by atoms with van der Waals surface area (Å²) in [7, 11) is 0. The van der Waals surface area contributed by atoms with E-state index in [1.54, 1.807) is 19.1 Å². The minimum atomic E-state index is -0.740. The van der Waals surface area contributed by atoms with Crippen LogP contribution in [0.2, 0.25) is 0 Å². The maximum Gasteiger partial charge on any atom is 0.268 e. The summed E-state index contributed by atoms with van der Waals surface area (Å²) < 4.78 is 11.3. The third-order valence-corrected chi connectivity index (χ3v) is 3.25. The summed E-state index contributed by atoms with van der Waals surface area (Å²) in [6.45, 7) is 3.58. The van der Waals surface area contributed by atoms with Gasteiger partial charge >= 0.3 is 0 Å². The first-order valence-corrected chi connectivity index (χ1v) is 7.14. The maximum atomic E-state index is 12.2. The molecule has 0 bridgehead atoms. The molecule has 0 spiro atoms. The van der Waals surface area contributed by atoms with Crippen LogP contribution in [0.3, 0.4) is 0 Å². The second-order valence-corrected chi connectivity index (χ2v) is 5.10. The molecule has 7 heteroatoms. The molecule has 2 rings (SSSR count). The van der Waals surface area contributed by atoms with Crippen molar-refractivity contribution < 1.29 is 24.2 Å². The molecular formula is C15H20N2O5. The van der Waals surface area contributed by atoms with Crippen molar-refractivity contribution in [1.82, 2.24) is 0 Å². The van der Waals surface area contributed by atoms with Gasteiger partial charge in [-0.3, -0.25) is 14.5 Å². The summed E-state index contributed by atoms with van der Waals surface area (Å²) in [6, 6.07) is 3.26. The number of aliphatic hydroxyl groups is 1. The lowest BCUT2D eigenvalue weighted by atomic mass is 10.1. The molecule has 1 unspecified atom stereocenters. The van der Waals surface area contributed by atoms with Gasteiger partial charge in [0.2, 0.25) is 5.91 Å². The van der Waals surface area contributed by atoms with E-state index in [4.69, 9.17) is 15.2 Å². The first-order chi connectivity index (χ1) is 10.5.